The van der Waals surface area contributed by atoms with Gasteiger partial charge >= 0.3 is 0 Å². The predicted octanol–water partition coefficient (Wildman–Crippen LogP) is 10.4. The third kappa shape index (κ3) is 8.47. The largest absolute Gasteiger partial charge is 0.490 e. The van der Waals surface area contributed by atoms with Crippen LogP contribution in [0.25, 0.3) is 11.1 Å². The van der Waals surface area contributed by atoms with Crippen LogP contribution in [0.2, 0.25) is 0 Å². The number of halogens is 2. The third-order valence-corrected chi connectivity index (χ3v) is 7.59. The van der Waals surface area contributed by atoms with E-state index < -0.39 is 11.6 Å². The molecule has 2 aromatic carbocycles. The van der Waals surface area contributed by atoms with Crippen molar-refractivity contribution in [2.24, 2.45) is 5.92 Å². The molecule has 0 unspecified atom stereocenters. The van der Waals surface area contributed by atoms with Crippen LogP contribution in [0.15, 0.2) is 49.1 Å². The van der Waals surface area contributed by atoms with Gasteiger partial charge in [0.25, 0.3) is 0 Å². The highest BCUT2D eigenvalue weighted by molar-refractivity contribution is 5.65. The van der Waals surface area contributed by atoms with Crippen molar-refractivity contribution in [3.63, 3.8) is 0 Å². The van der Waals surface area contributed by atoms with Gasteiger partial charge in [-0.15, -0.1) is 6.58 Å². The van der Waals surface area contributed by atoms with Crippen molar-refractivity contribution in [1.29, 1.82) is 0 Å². The fraction of sp³-hybridized carbons (Fsp3) is 0.562. The topological polar surface area (TPSA) is 9.23 Å². The molecule has 0 N–H and O–H groups in total. The van der Waals surface area contributed by atoms with Crippen molar-refractivity contribution in [3.8, 4) is 16.9 Å². The lowest BCUT2D eigenvalue weighted by Gasteiger charge is -2.28. The Morgan fingerprint density at radius 3 is 2.14 bits per heavy atom. The number of rotatable bonds is 15. The van der Waals surface area contributed by atoms with Crippen molar-refractivity contribution in [2.45, 2.75) is 103 Å². The average molecular weight is 483 g/mol. The van der Waals surface area contributed by atoms with Crippen LogP contribution in [0, 0.1) is 17.6 Å². The molecule has 35 heavy (non-hydrogen) atoms. The Kier molecular flexibility index (Phi) is 11.8. The van der Waals surface area contributed by atoms with Crippen molar-refractivity contribution in [3.05, 3.63) is 66.3 Å². The van der Waals surface area contributed by atoms with Crippen molar-refractivity contribution in [2.75, 3.05) is 6.61 Å². The Labute approximate surface area is 212 Å². The normalized spacial score (nSPS) is 17.9. The summed E-state index contributed by atoms with van der Waals surface area (Å²) in [6.07, 6.45) is 18.8. The monoisotopic (exact) mass is 482 g/mol. The molecule has 3 rings (SSSR count). The molecular weight excluding hydrogens is 438 g/mol. The second kappa shape index (κ2) is 15.1. The van der Waals surface area contributed by atoms with E-state index in [2.05, 4.69) is 25.6 Å². The standard InChI is InChI=1S/C32H44F2O/c1-3-5-6-7-8-9-10-11-12-24-35-30-23-22-29(31(33)32(30)34)28-20-18-27(19-21-28)26-16-14-25(13-4-2)15-17-26/h3,18-23,25-26H,1,4-17,24H2,2H3. The molecule has 0 spiro atoms. The molecule has 0 radical (unpaired) electrons. The van der Waals surface area contributed by atoms with Crippen LogP contribution in [0.1, 0.15) is 108 Å². The van der Waals surface area contributed by atoms with Gasteiger partial charge in [-0.25, -0.2) is 4.39 Å². The zero-order valence-electron chi connectivity index (χ0n) is 21.7. The number of allylic oxidation sites excluding steroid dienone is 1. The van der Waals surface area contributed by atoms with Gasteiger partial charge in [-0.2, -0.15) is 4.39 Å². The molecule has 0 atom stereocenters. The summed E-state index contributed by atoms with van der Waals surface area (Å²) in [4.78, 5) is 0. The molecule has 0 aromatic heterocycles. The van der Waals surface area contributed by atoms with Crippen molar-refractivity contribution < 1.29 is 13.5 Å². The second-order valence-corrected chi connectivity index (χ2v) is 10.3. The van der Waals surface area contributed by atoms with Crippen LogP contribution in [-0.2, 0) is 0 Å². The third-order valence-electron chi connectivity index (χ3n) is 7.59. The van der Waals surface area contributed by atoms with Crippen LogP contribution < -0.4 is 4.74 Å². The minimum absolute atomic E-state index is 0.0103. The molecule has 1 saturated carbocycles. The second-order valence-electron chi connectivity index (χ2n) is 10.3. The number of ether oxygens (including phenoxy) is 1. The minimum Gasteiger partial charge on any atom is -0.490 e. The summed E-state index contributed by atoms with van der Waals surface area (Å²) in [6, 6.07) is 11.3. The van der Waals surface area contributed by atoms with E-state index in [9.17, 15) is 8.78 Å². The summed E-state index contributed by atoms with van der Waals surface area (Å²) < 4.78 is 35.1. The first kappa shape index (κ1) is 27.4. The van der Waals surface area contributed by atoms with Gasteiger partial charge in [-0.3, -0.25) is 0 Å². The Morgan fingerprint density at radius 1 is 0.829 bits per heavy atom. The number of hydrogen-bond acceptors (Lipinski definition) is 1. The van der Waals surface area contributed by atoms with Gasteiger partial charge < -0.3 is 4.74 Å². The van der Waals surface area contributed by atoms with Gasteiger partial charge in [0.2, 0.25) is 5.82 Å². The van der Waals surface area contributed by atoms with Crippen LogP contribution in [0.3, 0.4) is 0 Å². The zero-order chi connectivity index (χ0) is 24.9. The fourth-order valence-electron chi connectivity index (χ4n) is 5.45. The zero-order valence-corrected chi connectivity index (χ0v) is 21.7. The molecule has 0 saturated heterocycles. The molecule has 1 aliphatic rings. The summed E-state index contributed by atoms with van der Waals surface area (Å²) in [5.41, 5.74) is 2.33. The van der Waals surface area contributed by atoms with Crippen LogP contribution in [-0.4, -0.2) is 6.61 Å². The van der Waals surface area contributed by atoms with Gasteiger partial charge in [0, 0.05) is 5.56 Å². The lowest BCUT2D eigenvalue weighted by Crippen LogP contribution is -2.13. The molecule has 192 valence electrons. The fourth-order valence-corrected chi connectivity index (χ4v) is 5.45. The van der Waals surface area contributed by atoms with Crippen molar-refractivity contribution in [1.82, 2.24) is 0 Å². The van der Waals surface area contributed by atoms with E-state index in [0.717, 1.165) is 31.6 Å². The van der Waals surface area contributed by atoms with Crippen LogP contribution >= 0.6 is 0 Å². The maximum atomic E-state index is 14.9. The highest BCUT2D eigenvalue weighted by Gasteiger charge is 2.22. The predicted molar refractivity (Wildman–Crippen MR) is 144 cm³/mol. The van der Waals surface area contributed by atoms with Gasteiger partial charge in [0.15, 0.2) is 11.6 Å². The lowest BCUT2D eigenvalue weighted by atomic mass is 9.77. The molecule has 0 aliphatic heterocycles. The Morgan fingerprint density at radius 2 is 1.49 bits per heavy atom. The molecule has 0 heterocycles. The van der Waals surface area contributed by atoms with Gasteiger partial charge in [-0.05, 0) is 80.0 Å². The Bertz CT molecular complexity index is 881. The quantitative estimate of drug-likeness (QED) is 0.181. The SMILES string of the molecule is C=CCCCCCCCCCOc1ccc(-c2ccc(C3CCC(CCC)CC3)cc2)c(F)c1F. The first-order chi connectivity index (χ1) is 17.1. The lowest BCUT2D eigenvalue weighted by molar-refractivity contribution is 0.285. The maximum absolute atomic E-state index is 14.9. The summed E-state index contributed by atoms with van der Waals surface area (Å²) in [6.45, 7) is 6.43. The van der Waals surface area contributed by atoms with E-state index in [1.807, 2.05) is 18.2 Å². The van der Waals surface area contributed by atoms with Gasteiger partial charge in [0.1, 0.15) is 0 Å². The van der Waals surface area contributed by atoms with E-state index >= 15 is 0 Å². The summed E-state index contributed by atoms with van der Waals surface area (Å²) in [7, 11) is 0. The first-order valence-electron chi connectivity index (χ1n) is 14.0. The minimum atomic E-state index is -0.886. The van der Waals surface area contributed by atoms with E-state index in [1.165, 1.54) is 69.8 Å². The molecule has 1 fully saturated rings. The summed E-state index contributed by atoms with van der Waals surface area (Å²) in [5, 5.41) is 0. The molecule has 2 aromatic rings. The molecule has 1 aliphatic carbocycles. The highest BCUT2D eigenvalue weighted by atomic mass is 19.2. The Balaban J connectivity index is 1.45. The van der Waals surface area contributed by atoms with E-state index in [-0.39, 0.29) is 5.75 Å². The summed E-state index contributed by atoms with van der Waals surface area (Å²) >= 11 is 0. The summed E-state index contributed by atoms with van der Waals surface area (Å²) in [5.74, 6) is -0.230. The maximum Gasteiger partial charge on any atom is 0.201 e. The number of hydrogen-bond donors (Lipinski definition) is 0. The first-order valence-corrected chi connectivity index (χ1v) is 14.0. The van der Waals surface area contributed by atoms with Crippen LogP contribution in [0.5, 0.6) is 5.75 Å². The molecule has 0 bridgehead atoms. The average Bonchev–Trinajstić information content (AvgIpc) is 2.88. The van der Waals surface area contributed by atoms with E-state index in [1.54, 1.807) is 12.1 Å². The smallest absolute Gasteiger partial charge is 0.201 e. The van der Waals surface area contributed by atoms with Gasteiger partial charge in [-0.1, -0.05) is 82.2 Å². The van der Waals surface area contributed by atoms with Gasteiger partial charge in [0.05, 0.1) is 6.61 Å². The van der Waals surface area contributed by atoms with Crippen LogP contribution in [0.4, 0.5) is 8.78 Å². The van der Waals surface area contributed by atoms with E-state index in [4.69, 9.17) is 4.74 Å². The number of benzene rings is 2. The molecule has 1 nitrogen and oxygen atoms in total. The number of unbranched alkanes of at least 4 members (excludes halogenated alkanes) is 7. The van der Waals surface area contributed by atoms with Crippen molar-refractivity contribution >= 4 is 0 Å². The Hall–Kier alpha value is -2.16. The van der Waals surface area contributed by atoms with E-state index in [0.29, 0.717) is 23.7 Å². The molecule has 3 heteroatoms. The molecule has 0 amide bonds. The molecular formula is C32H44F2O. The highest BCUT2D eigenvalue weighted by Crippen LogP contribution is 2.38.